The largest absolute Gasteiger partial charge is 0.452 e. The molecule has 1 N–H and O–H groups in total. The average Bonchev–Trinajstić information content (AvgIpc) is 2.61. The van der Waals surface area contributed by atoms with Gasteiger partial charge in [0.1, 0.15) is 0 Å². The second-order valence-corrected chi connectivity index (χ2v) is 6.89. The lowest BCUT2D eigenvalue weighted by atomic mass is 10.2. The number of thioether (sulfide) groups is 1. The fraction of sp³-hybridized carbons (Fsp3) is 0.250. The summed E-state index contributed by atoms with van der Waals surface area (Å²) >= 11 is 1.38. The third-order valence-corrected chi connectivity index (χ3v) is 4.76. The smallest absolute Gasteiger partial charge is 0.317 e. The number of aryl methyl sites for hydroxylation is 2. The maximum atomic E-state index is 12.1. The number of benzene rings is 2. The number of hydrogen-bond acceptors (Lipinski definition) is 5. The van der Waals surface area contributed by atoms with Crippen LogP contribution in [-0.4, -0.2) is 23.7 Å². The van der Waals surface area contributed by atoms with Crippen molar-refractivity contribution in [2.75, 3.05) is 11.1 Å². The first kappa shape index (κ1) is 19.5. The van der Waals surface area contributed by atoms with Gasteiger partial charge in [-0.15, -0.1) is 11.8 Å². The van der Waals surface area contributed by atoms with Crippen LogP contribution in [0.5, 0.6) is 0 Å². The zero-order valence-corrected chi connectivity index (χ0v) is 15.7. The predicted molar refractivity (Wildman–Crippen MR) is 102 cm³/mol. The Kier molecular flexibility index (Phi) is 6.81. The van der Waals surface area contributed by atoms with Crippen LogP contribution in [0, 0.1) is 25.2 Å². The first-order valence-electron chi connectivity index (χ1n) is 8.09. The topological polar surface area (TPSA) is 79.2 Å². The zero-order valence-electron chi connectivity index (χ0n) is 14.9. The van der Waals surface area contributed by atoms with Crippen LogP contribution in [-0.2, 0) is 14.3 Å². The van der Waals surface area contributed by atoms with Crippen molar-refractivity contribution in [3.05, 3.63) is 59.2 Å². The summed E-state index contributed by atoms with van der Waals surface area (Å²) in [5.41, 5.74) is 3.20. The number of hydrogen-bond donors (Lipinski definition) is 1. The third-order valence-electron chi connectivity index (χ3n) is 3.61. The average molecular weight is 368 g/mol. The minimum absolute atomic E-state index is 0.130. The lowest BCUT2D eigenvalue weighted by molar-refractivity contribution is -0.150. The van der Waals surface area contributed by atoms with Gasteiger partial charge in [-0.05, 0) is 50.6 Å². The van der Waals surface area contributed by atoms with Gasteiger partial charge in [0.15, 0.2) is 6.10 Å². The SMILES string of the molecule is Cc1ccc(SCC(=O)O[C@@H](C)C(=O)Nc2cccc(C#N)c2)c(C)c1. The number of anilines is 1. The van der Waals surface area contributed by atoms with Gasteiger partial charge in [0.25, 0.3) is 5.91 Å². The molecule has 134 valence electrons. The molecule has 1 atom stereocenters. The summed E-state index contributed by atoms with van der Waals surface area (Å²) < 4.78 is 5.19. The van der Waals surface area contributed by atoms with Crippen molar-refractivity contribution in [2.45, 2.75) is 31.8 Å². The maximum absolute atomic E-state index is 12.1. The van der Waals surface area contributed by atoms with Crippen molar-refractivity contribution in [1.29, 1.82) is 5.26 Å². The summed E-state index contributed by atoms with van der Waals surface area (Å²) in [6.07, 6.45) is -0.923. The number of nitriles is 1. The highest BCUT2D eigenvalue weighted by Crippen LogP contribution is 2.23. The van der Waals surface area contributed by atoms with E-state index in [9.17, 15) is 9.59 Å². The van der Waals surface area contributed by atoms with Crippen molar-refractivity contribution >= 4 is 29.3 Å². The van der Waals surface area contributed by atoms with E-state index in [4.69, 9.17) is 10.00 Å². The molecule has 1 amide bonds. The second kappa shape index (κ2) is 9.07. The molecule has 0 saturated carbocycles. The van der Waals surface area contributed by atoms with Crippen LogP contribution >= 0.6 is 11.8 Å². The molecule has 0 unspecified atom stereocenters. The molecule has 26 heavy (non-hydrogen) atoms. The van der Waals surface area contributed by atoms with Gasteiger partial charge in [-0.25, -0.2) is 0 Å². The van der Waals surface area contributed by atoms with Crippen molar-refractivity contribution in [2.24, 2.45) is 0 Å². The molecule has 0 bridgehead atoms. The molecular formula is C20H20N2O3S. The molecule has 0 aliphatic carbocycles. The summed E-state index contributed by atoms with van der Waals surface area (Å²) in [5.74, 6) is -0.765. The van der Waals surface area contributed by atoms with E-state index in [1.807, 2.05) is 32.0 Å². The van der Waals surface area contributed by atoms with Crippen LogP contribution < -0.4 is 5.32 Å². The molecule has 0 aromatic heterocycles. The fourth-order valence-corrected chi connectivity index (χ4v) is 3.09. The molecule has 2 aromatic carbocycles. The Morgan fingerprint density at radius 3 is 2.69 bits per heavy atom. The Hall–Kier alpha value is -2.78. The monoisotopic (exact) mass is 368 g/mol. The van der Waals surface area contributed by atoms with E-state index < -0.39 is 18.0 Å². The molecule has 2 rings (SSSR count). The number of carbonyl (C=O) groups is 2. The summed E-state index contributed by atoms with van der Waals surface area (Å²) in [6, 6.07) is 14.6. The number of carbonyl (C=O) groups excluding carboxylic acids is 2. The molecule has 0 spiro atoms. The minimum atomic E-state index is -0.923. The molecule has 0 saturated heterocycles. The standard InChI is InChI=1S/C20H20N2O3S/c1-13-7-8-18(14(2)9-13)26-12-19(23)25-15(3)20(24)22-17-6-4-5-16(10-17)11-21/h4-10,15H,12H2,1-3H3,(H,22,24)/t15-/m0/s1. The lowest BCUT2D eigenvalue weighted by Crippen LogP contribution is -2.30. The second-order valence-electron chi connectivity index (χ2n) is 5.87. The molecule has 5 nitrogen and oxygen atoms in total. The molecule has 0 fully saturated rings. The first-order chi connectivity index (χ1) is 12.4. The number of amides is 1. The highest BCUT2D eigenvalue weighted by molar-refractivity contribution is 8.00. The molecule has 2 aromatic rings. The Balaban J connectivity index is 1.85. The molecule has 0 radical (unpaired) electrons. The first-order valence-corrected chi connectivity index (χ1v) is 9.08. The maximum Gasteiger partial charge on any atom is 0.317 e. The highest BCUT2D eigenvalue weighted by Gasteiger charge is 2.18. The van der Waals surface area contributed by atoms with E-state index >= 15 is 0 Å². The normalized spacial score (nSPS) is 11.3. The van der Waals surface area contributed by atoms with Gasteiger partial charge in [-0.1, -0.05) is 23.8 Å². The van der Waals surface area contributed by atoms with E-state index in [2.05, 4.69) is 11.4 Å². The van der Waals surface area contributed by atoms with Crippen molar-refractivity contribution in [1.82, 2.24) is 0 Å². The number of ether oxygens (including phenoxy) is 1. The highest BCUT2D eigenvalue weighted by atomic mass is 32.2. The van der Waals surface area contributed by atoms with Gasteiger partial charge in [-0.3, -0.25) is 9.59 Å². The Morgan fingerprint density at radius 2 is 2.00 bits per heavy atom. The van der Waals surface area contributed by atoms with E-state index in [0.717, 1.165) is 10.5 Å². The summed E-state index contributed by atoms with van der Waals surface area (Å²) in [7, 11) is 0. The van der Waals surface area contributed by atoms with Crippen molar-refractivity contribution < 1.29 is 14.3 Å². The third kappa shape index (κ3) is 5.64. The quantitative estimate of drug-likeness (QED) is 0.619. The van der Waals surface area contributed by atoms with E-state index in [1.54, 1.807) is 24.3 Å². The Morgan fingerprint density at radius 1 is 1.23 bits per heavy atom. The molecule has 0 aliphatic heterocycles. The van der Waals surface area contributed by atoms with Crippen molar-refractivity contribution in [3.8, 4) is 6.07 Å². The summed E-state index contributed by atoms with van der Waals surface area (Å²) in [4.78, 5) is 25.1. The van der Waals surface area contributed by atoms with Crippen LogP contribution in [0.25, 0.3) is 0 Å². The number of rotatable bonds is 6. The number of esters is 1. The van der Waals surface area contributed by atoms with Crippen LogP contribution in [0.3, 0.4) is 0 Å². The Labute approximate surface area is 157 Å². The van der Waals surface area contributed by atoms with Gasteiger partial charge < -0.3 is 10.1 Å². The van der Waals surface area contributed by atoms with Gasteiger partial charge in [0, 0.05) is 10.6 Å². The van der Waals surface area contributed by atoms with Gasteiger partial charge in [0.05, 0.1) is 17.4 Å². The van der Waals surface area contributed by atoms with Crippen LogP contribution in [0.2, 0.25) is 0 Å². The van der Waals surface area contributed by atoms with Crippen LogP contribution in [0.15, 0.2) is 47.4 Å². The molecule has 0 aliphatic rings. The molecular weight excluding hydrogens is 348 g/mol. The van der Waals surface area contributed by atoms with Gasteiger partial charge in [-0.2, -0.15) is 5.26 Å². The van der Waals surface area contributed by atoms with Crippen LogP contribution in [0.4, 0.5) is 5.69 Å². The van der Waals surface area contributed by atoms with E-state index in [1.165, 1.54) is 24.2 Å². The van der Waals surface area contributed by atoms with Crippen molar-refractivity contribution in [3.63, 3.8) is 0 Å². The number of nitrogens with zero attached hydrogens (tertiary/aromatic N) is 1. The van der Waals surface area contributed by atoms with Crippen LogP contribution in [0.1, 0.15) is 23.6 Å². The Bertz CT molecular complexity index is 858. The van der Waals surface area contributed by atoms with E-state index in [0.29, 0.717) is 11.3 Å². The minimum Gasteiger partial charge on any atom is -0.452 e. The predicted octanol–water partition coefficient (Wildman–Crippen LogP) is 3.84. The zero-order chi connectivity index (χ0) is 19.1. The lowest BCUT2D eigenvalue weighted by Gasteiger charge is -2.14. The summed E-state index contributed by atoms with van der Waals surface area (Å²) in [6.45, 7) is 5.53. The molecule has 0 heterocycles. The number of nitrogens with one attached hydrogen (secondary N) is 1. The van der Waals surface area contributed by atoms with Gasteiger partial charge >= 0.3 is 5.97 Å². The fourth-order valence-electron chi connectivity index (χ4n) is 2.29. The van der Waals surface area contributed by atoms with Gasteiger partial charge in [0.2, 0.25) is 0 Å². The van der Waals surface area contributed by atoms with E-state index in [-0.39, 0.29) is 5.75 Å². The summed E-state index contributed by atoms with van der Waals surface area (Å²) in [5, 5.41) is 11.5. The molecule has 6 heteroatoms.